The molecule has 0 aliphatic rings. The van der Waals surface area contributed by atoms with Crippen molar-refractivity contribution in [3.8, 4) is 5.75 Å². The Morgan fingerprint density at radius 2 is 2.16 bits per heavy atom. The molecule has 0 aliphatic heterocycles. The van der Waals surface area contributed by atoms with Crippen LogP contribution in [0.2, 0.25) is 0 Å². The van der Waals surface area contributed by atoms with Gasteiger partial charge in [-0.3, -0.25) is 0 Å². The third-order valence-electron chi connectivity index (χ3n) is 2.71. The van der Waals surface area contributed by atoms with Crippen molar-refractivity contribution in [1.29, 1.82) is 0 Å². The van der Waals surface area contributed by atoms with Crippen molar-refractivity contribution in [2.75, 3.05) is 27.3 Å². The SMILES string of the molecule is CNCCCCOc1ccc(CO)cc1C(=O)OC. The van der Waals surface area contributed by atoms with E-state index in [0.29, 0.717) is 23.5 Å². The Balaban J connectivity index is 2.67. The van der Waals surface area contributed by atoms with E-state index in [1.54, 1.807) is 18.2 Å². The maximum Gasteiger partial charge on any atom is 0.341 e. The molecule has 0 amide bonds. The molecule has 0 heterocycles. The zero-order valence-electron chi connectivity index (χ0n) is 11.4. The quantitative estimate of drug-likeness (QED) is 0.549. The summed E-state index contributed by atoms with van der Waals surface area (Å²) in [6, 6.07) is 5.01. The number of unbranched alkanes of at least 4 members (excludes halogenated alkanes) is 1. The van der Waals surface area contributed by atoms with E-state index in [1.807, 2.05) is 7.05 Å². The number of carbonyl (C=O) groups excluding carboxylic acids is 1. The van der Waals surface area contributed by atoms with Gasteiger partial charge in [-0.25, -0.2) is 4.79 Å². The van der Waals surface area contributed by atoms with Crippen LogP contribution in [0, 0.1) is 0 Å². The lowest BCUT2D eigenvalue weighted by Gasteiger charge is -2.11. The van der Waals surface area contributed by atoms with E-state index in [9.17, 15) is 4.79 Å². The second-order valence-electron chi connectivity index (χ2n) is 4.14. The fourth-order valence-corrected chi connectivity index (χ4v) is 1.66. The molecule has 0 aliphatic carbocycles. The Morgan fingerprint density at radius 3 is 2.79 bits per heavy atom. The van der Waals surface area contributed by atoms with Gasteiger partial charge in [-0.1, -0.05) is 6.07 Å². The molecule has 19 heavy (non-hydrogen) atoms. The molecule has 0 saturated carbocycles. The van der Waals surface area contributed by atoms with Crippen molar-refractivity contribution in [2.45, 2.75) is 19.4 Å². The number of rotatable bonds is 8. The Hall–Kier alpha value is -1.59. The van der Waals surface area contributed by atoms with Gasteiger partial charge in [0.25, 0.3) is 0 Å². The molecule has 0 saturated heterocycles. The first-order valence-electron chi connectivity index (χ1n) is 6.32. The van der Waals surface area contributed by atoms with Crippen LogP contribution in [-0.2, 0) is 11.3 Å². The molecule has 1 rings (SSSR count). The minimum atomic E-state index is -0.458. The minimum absolute atomic E-state index is 0.119. The summed E-state index contributed by atoms with van der Waals surface area (Å²) in [6.45, 7) is 1.37. The molecule has 1 aromatic carbocycles. The fraction of sp³-hybridized carbons (Fsp3) is 0.500. The third-order valence-corrected chi connectivity index (χ3v) is 2.71. The maximum absolute atomic E-state index is 11.6. The van der Waals surface area contributed by atoms with E-state index in [4.69, 9.17) is 14.6 Å². The Morgan fingerprint density at radius 1 is 1.37 bits per heavy atom. The zero-order chi connectivity index (χ0) is 14.1. The molecule has 0 aromatic heterocycles. The summed E-state index contributed by atoms with van der Waals surface area (Å²) >= 11 is 0. The molecule has 0 bridgehead atoms. The van der Waals surface area contributed by atoms with Gasteiger partial charge in [0, 0.05) is 0 Å². The molecule has 0 radical (unpaired) electrons. The average Bonchev–Trinajstić information content (AvgIpc) is 2.46. The molecule has 0 fully saturated rings. The number of hydrogen-bond acceptors (Lipinski definition) is 5. The van der Waals surface area contributed by atoms with Crippen molar-refractivity contribution in [1.82, 2.24) is 5.32 Å². The zero-order valence-corrected chi connectivity index (χ0v) is 11.4. The fourth-order valence-electron chi connectivity index (χ4n) is 1.66. The van der Waals surface area contributed by atoms with Gasteiger partial charge in [0.1, 0.15) is 11.3 Å². The predicted octanol–water partition coefficient (Wildman–Crippen LogP) is 1.34. The molecule has 0 spiro atoms. The highest BCUT2D eigenvalue weighted by Gasteiger charge is 2.13. The number of aliphatic hydroxyl groups excluding tert-OH is 1. The number of esters is 1. The third kappa shape index (κ3) is 4.89. The summed E-state index contributed by atoms with van der Waals surface area (Å²) in [6.07, 6.45) is 1.92. The van der Waals surface area contributed by atoms with E-state index in [0.717, 1.165) is 19.4 Å². The lowest BCUT2D eigenvalue weighted by atomic mass is 10.1. The summed E-state index contributed by atoms with van der Waals surface area (Å²) in [5.41, 5.74) is 1.01. The molecular weight excluding hydrogens is 246 g/mol. The number of hydrogen-bond donors (Lipinski definition) is 2. The van der Waals surface area contributed by atoms with Crippen LogP contribution in [0.3, 0.4) is 0 Å². The number of benzene rings is 1. The van der Waals surface area contributed by atoms with Gasteiger partial charge in [0.2, 0.25) is 0 Å². The van der Waals surface area contributed by atoms with Crippen LogP contribution in [0.5, 0.6) is 5.75 Å². The van der Waals surface area contributed by atoms with Gasteiger partial charge in [0.05, 0.1) is 20.3 Å². The van der Waals surface area contributed by atoms with Crippen molar-refractivity contribution in [2.24, 2.45) is 0 Å². The van der Waals surface area contributed by atoms with Crippen molar-refractivity contribution < 1.29 is 19.4 Å². The van der Waals surface area contributed by atoms with E-state index < -0.39 is 5.97 Å². The van der Waals surface area contributed by atoms with Gasteiger partial charge in [-0.05, 0) is 44.1 Å². The first-order valence-corrected chi connectivity index (χ1v) is 6.32. The highest BCUT2D eigenvalue weighted by molar-refractivity contribution is 5.92. The molecule has 1 aromatic rings. The summed E-state index contributed by atoms with van der Waals surface area (Å²) in [4.78, 5) is 11.6. The van der Waals surface area contributed by atoms with E-state index >= 15 is 0 Å². The van der Waals surface area contributed by atoms with Crippen molar-refractivity contribution >= 4 is 5.97 Å². The Labute approximate surface area is 113 Å². The second kappa shape index (κ2) is 8.50. The minimum Gasteiger partial charge on any atom is -0.493 e. The maximum atomic E-state index is 11.6. The summed E-state index contributed by atoms with van der Waals surface area (Å²) < 4.78 is 10.3. The van der Waals surface area contributed by atoms with Crippen LogP contribution < -0.4 is 10.1 Å². The van der Waals surface area contributed by atoms with E-state index in [-0.39, 0.29) is 6.61 Å². The van der Waals surface area contributed by atoms with Crippen LogP contribution >= 0.6 is 0 Å². The standard InChI is InChI=1S/C14H21NO4/c1-15-7-3-4-8-19-13-6-5-11(10-16)9-12(13)14(17)18-2/h5-6,9,15-16H,3-4,7-8,10H2,1-2H3. The predicted molar refractivity (Wildman–Crippen MR) is 72.4 cm³/mol. The molecule has 2 N–H and O–H groups in total. The molecule has 106 valence electrons. The first-order chi connectivity index (χ1) is 9.22. The second-order valence-corrected chi connectivity index (χ2v) is 4.14. The number of aliphatic hydroxyl groups is 1. The number of methoxy groups -OCH3 is 1. The number of carbonyl (C=O) groups is 1. The van der Waals surface area contributed by atoms with Gasteiger partial charge in [0.15, 0.2) is 0 Å². The number of ether oxygens (including phenoxy) is 2. The van der Waals surface area contributed by atoms with Crippen LogP contribution in [-0.4, -0.2) is 38.4 Å². The molecule has 5 heteroatoms. The Bertz CT molecular complexity index is 406. The monoisotopic (exact) mass is 267 g/mol. The van der Waals surface area contributed by atoms with Crippen LogP contribution in [0.1, 0.15) is 28.8 Å². The summed E-state index contributed by atoms with van der Waals surface area (Å²) in [5.74, 6) is 0.0361. The highest BCUT2D eigenvalue weighted by Crippen LogP contribution is 2.21. The summed E-state index contributed by atoms with van der Waals surface area (Å²) in [5, 5.41) is 12.1. The molecular formula is C14H21NO4. The van der Waals surface area contributed by atoms with Gasteiger partial charge >= 0.3 is 5.97 Å². The lowest BCUT2D eigenvalue weighted by Crippen LogP contribution is -2.10. The largest absolute Gasteiger partial charge is 0.493 e. The smallest absolute Gasteiger partial charge is 0.341 e. The van der Waals surface area contributed by atoms with Crippen molar-refractivity contribution in [3.05, 3.63) is 29.3 Å². The topological polar surface area (TPSA) is 67.8 Å². The van der Waals surface area contributed by atoms with Gasteiger partial charge in [-0.2, -0.15) is 0 Å². The average molecular weight is 267 g/mol. The number of nitrogens with one attached hydrogen (secondary N) is 1. The first kappa shape index (κ1) is 15.5. The van der Waals surface area contributed by atoms with E-state index in [1.165, 1.54) is 7.11 Å². The van der Waals surface area contributed by atoms with Crippen LogP contribution in [0.15, 0.2) is 18.2 Å². The summed E-state index contributed by atoms with van der Waals surface area (Å²) in [7, 11) is 3.23. The lowest BCUT2D eigenvalue weighted by molar-refractivity contribution is 0.0595. The normalized spacial score (nSPS) is 10.3. The van der Waals surface area contributed by atoms with Gasteiger partial charge < -0.3 is 19.9 Å². The van der Waals surface area contributed by atoms with Crippen LogP contribution in [0.4, 0.5) is 0 Å². The van der Waals surface area contributed by atoms with Crippen LogP contribution in [0.25, 0.3) is 0 Å². The van der Waals surface area contributed by atoms with E-state index in [2.05, 4.69) is 5.32 Å². The Kier molecular flexibility index (Phi) is 6.92. The van der Waals surface area contributed by atoms with Crippen molar-refractivity contribution in [3.63, 3.8) is 0 Å². The molecule has 5 nitrogen and oxygen atoms in total. The molecule has 0 unspecified atom stereocenters. The molecule has 0 atom stereocenters. The highest BCUT2D eigenvalue weighted by atomic mass is 16.5. The van der Waals surface area contributed by atoms with Gasteiger partial charge in [-0.15, -0.1) is 0 Å².